The molecule has 1 aliphatic heterocycles. The number of ether oxygens (including phenoxy) is 2. The van der Waals surface area contributed by atoms with E-state index in [1.54, 1.807) is 0 Å². The quantitative estimate of drug-likeness (QED) is 0.698. The van der Waals surface area contributed by atoms with Crippen LogP contribution in [0.1, 0.15) is 33.1 Å². The number of esters is 1. The number of nitrogens with one attached hydrogen (secondary N) is 1. The molecule has 0 saturated carbocycles. The molecule has 94 valence electrons. The maximum atomic E-state index is 11.3. The van der Waals surface area contributed by atoms with Gasteiger partial charge in [0.25, 0.3) is 0 Å². The lowest BCUT2D eigenvalue weighted by Crippen LogP contribution is -2.33. The first kappa shape index (κ1) is 13.5. The summed E-state index contributed by atoms with van der Waals surface area (Å²) < 4.78 is 10.6. The van der Waals surface area contributed by atoms with Crippen LogP contribution in [-0.2, 0) is 14.3 Å². The van der Waals surface area contributed by atoms with Gasteiger partial charge in [-0.1, -0.05) is 13.8 Å². The van der Waals surface area contributed by atoms with E-state index in [-0.39, 0.29) is 18.7 Å². The van der Waals surface area contributed by atoms with Crippen molar-refractivity contribution in [2.45, 2.75) is 39.2 Å². The highest BCUT2D eigenvalue weighted by molar-refractivity contribution is 5.70. The first-order valence-electron chi connectivity index (χ1n) is 6.16. The molecule has 1 fully saturated rings. The maximum absolute atomic E-state index is 11.3. The summed E-state index contributed by atoms with van der Waals surface area (Å²) in [4.78, 5) is 11.3. The smallest absolute Gasteiger partial charge is 0.332 e. The lowest BCUT2D eigenvalue weighted by molar-refractivity contribution is -0.151. The Morgan fingerprint density at radius 3 is 2.69 bits per heavy atom. The van der Waals surface area contributed by atoms with Crippen LogP contribution in [0.25, 0.3) is 0 Å². The molecule has 0 atom stereocenters. The summed E-state index contributed by atoms with van der Waals surface area (Å²) in [5.74, 6) is 0.331. The van der Waals surface area contributed by atoms with Gasteiger partial charge in [0, 0.05) is 0 Å². The highest BCUT2D eigenvalue weighted by Crippen LogP contribution is 2.07. The Balaban J connectivity index is 2.00. The van der Waals surface area contributed by atoms with Gasteiger partial charge in [-0.3, -0.25) is 0 Å². The lowest BCUT2D eigenvalue weighted by Gasteiger charge is -2.22. The molecule has 16 heavy (non-hydrogen) atoms. The second kappa shape index (κ2) is 7.63. The first-order valence-corrected chi connectivity index (χ1v) is 6.16. The van der Waals surface area contributed by atoms with Crippen molar-refractivity contribution < 1.29 is 14.3 Å². The number of hydrogen-bond donors (Lipinski definition) is 1. The Bertz CT molecular complexity index is 200. The third-order valence-corrected chi connectivity index (χ3v) is 2.68. The lowest BCUT2D eigenvalue weighted by atomic mass is 10.1. The predicted octanol–water partition coefficient (Wildman–Crippen LogP) is 1.34. The molecular weight excluding hydrogens is 206 g/mol. The van der Waals surface area contributed by atoms with Crippen LogP contribution in [-0.4, -0.2) is 38.4 Å². The molecular formula is C12H23NO3. The first-order chi connectivity index (χ1) is 7.68. The molecule has 0 aliphatic carbocycles. The van der Waals surface area contributed by atoms with Crippen LogP contribution < -0.4 is 5.32 Å². The van der Waals surface area contributed by atoms with Gasteiger partial charge in [-0.25, -0.2) is 4.79 Å². The van der Waals surface area contributed by atoms with E-state index in [1.807, 2.05) is 0 Å². The number of carbonyl (C=O) groups is 1. The van der Waals surface area contributed by atoms with Crippen LogP contribution in [0.4, 0.5) is 0 Å². The van der Waals surface area contributed by atoms with Gasteiger partial charge >= 0.3 is 5.97 Å². The van der Waals surface area contributed by atoms with Crippen LogP contribution in [0, 0.1) is 5.92 Å². The van der Waals surface area contributed by atoms with E-state index in [0.29, 0.717) is 12.5 Å². The highest BCUT2D eigenvalue weighted by atomic mass is 16.6. The van der Waals surface area contributed by atoms with Crippen molar-refractivity contribution in [1.82, 2.24) is 5.32 Å². The fraction of sp³-hybridized carbons (Fsp3) is 0.917. The molecule has 1 N–H and O–H groups in total. The van der Waals surface area contributed by atoms with Gasteiger partial charge in [-0.2, -0.15) is 0 Å². The molecule has 1 rings (SSSR count). The molecule has 1 saturated heterocycles. The van der Waals surface area contributed by atoms with E-state index in [1.165, 1.54) is 0 Å². The third kappa shape index (κ3) is 6.08. The SMILES string of the molecule is CC(C)CCOC(=O)COC1CCNCC1. The molecule has 0 aromatic rings. The van der Waals surface area contributed by atoms with Crippen molar-refractivity contribution in [2.24, 2.45) is 5.92 Å². The van der Waals surface area contributed by atoms with Crippen molar-refractivity contribution in [3.05, 3.63) is 0 Å². The molecule has 0 unspecified atom stereocenters. The Labute approximate surface area is 97.7 Å². The van der Waals surface area contributed by atoms with Crippen LogP contribution in [0.3, 0.4) is 0 Å². The van der Waals surface area contributed by atoms with Gasteiger partial charge < -0.3 is 14.8 Å². The summed E-state index contributed by atoms with van der Waals surface area (Å²) in [5.41, 5.74) is 0. The maximum Gasteiger partial charge on any atom is 0.332 e. The van der Waals surface area contributed by atoms with Crippen LogP contribution >= 0.6 is 0 Å². The zero-order chi connectivity index (χ0) is 11.8. The van der Waals surface area contributed by atoms with E-state index in [0.717, 1.165) is 32.4 Å². The molecule has 0 spiro atoms. The predicted molar refractivity (Wildman–Crippen MR) is 62.3 cm³/mol. The van der Waals surface area contributed by atoms with Crippen LogP contribution in [0.15, 0.2) is 0 Å². The average Bonchev–Trinajstić information content (AvgIpc) is 2.27. The van der Waals surface area contributed by atoms with E-state index in [4.69, 9.17) is 9.47 Å². The summed E-state index contributed by atoms with van der Waals surface area (Å²) in [6, 6.07) is 0. The van der Waals surface area contributed by atoms with Crippen molar-refractivity contribution in [3.63, 3.8) is 0 Å². The topological polar surface area (TPSA) is 47.6 Å². The highest BCUT2D eigenvalue weighted by Gasteiger charge is 2.15. The second-order valence-corrected chi connectivity index (χ2v) is 4.66. The Hall–Kier alpha value is -0.610. The number of rotatable bonds is 6. The molecule has 0 aromatic carbocycles. The van der Waals surface area contributed by atoms with E-state index in [2.05, 4.69) is 19.2 Å². The van der Waals surface area contributed by atoms with Crippen molar-refractivity contribution in [2.75, 3.05) is 26.3 Å². The molecule has 0 radical (unpaired) electrons. The van der Waals surface area contributed by atoms with E-state index in [9.17, 15) is 4.79 Å². The Morgan fingerprint density at radius 1 is 1.38 bits per heavy atom. The fourth-order valence-electron chi connectivity index (χ4n) is 1.60. The van der Waals surface area contributed by atoms with Gasteiger partial charge in [0.1, 0.15) is 6.61 Å². The zero-order valence-electron chi connectivity index (χ0n) is 10.3. The number of carbonyl (C=O) groups excluding carboxylic acids is 1. The van der Waals surface area contributed by atoms with Crippen LogP contribution in [0.2, 0.25) is 0 Å². The van der Waals surface area contributed by atoms with Gasteiger partial charge in [-0.15, -0.1) is 0 Å². The van der Waals surface area contributed by atoms with Gasteiger partial charge in [0.05, 0.1) is 12.7 Å². The Kier molecular flexibility index (Phi) is 6.42. The average molecular weight is 229 g/mol. The Morgan fingerprint density at radius 2 is 2.06 bits per heavy atom. The zero-order valence-corrected chi connectivity index (χ0v) is 10.3. The minimum Gasteiger partial charge on any atom is -0.464 e. The fourth-order valence-corrected chi connectivity index (χ4v) is 1.60. The number of piperidine rings is 1. The number of hydrogen-bond acceptors (Lipinski definition) is 4. The minimum absolute atomic E-state index is 0.1000. The monoisotopic (exact) mass is 229 g/mol. The molecule has 4 nitrogen and oxygen atoms in total. The van der Waals surface area contributed by atoms with Crippen LogP contribution in [0.5, 0.6) is 0 Å². The van der Waals surface area contributed by atoms with Crippen molar-refractivity contribution in [3.8, 4) is 0 Å². The van der Waals surface area contributed by atoms with E-state index < -0.39 is 0 Å². The summed E-state index contributed by atoms with van der Waals surface area (Å²) >= 11 is 0. The minimum atomic E-state index is -0.237. The van der Waals surface area contributed by atoms with E-state index >= 15 is 0 Å². The third-order valence-electron chi connectivity index (χ3n) is 2.68. The molecule has 4 heteroatoms. The summed E-state index contributed by atoms with van der Waals surface area (Å²) in [6.07, 6.45) is 3.11. The molecule has 1 aliphatic rings. The molecule has 0 aromatic heterocycles. The largest absolute Gasteiger partial charge is 0.464 e. The normalized spacial score (nSPS) is 17.7. The molecule has 1 heterocycles. The van der Waals surface area contributed by atoms with Crippen molar-refractivity contribution >= 4 is 5.97 Å². The van der Waals surface area contributed by atoms with Gasteiger partial charge in [0.15, 0.2) is 0 Å². The van der Waals surface area contributed by atoms with Gasteiger partial charge in [-0.05, 0) is 38.3 Å². The molecule has 0 bridgehead atoms. The summed E-state index contributed by atoms with van der Waals surface area (Å²) in [5, 5.41) is 3.25. The molecule has 0 amide bonds. The van der Waals surface area contributed by atoms with Gasteiger partial charge in [0.2, 0.25) is 0 Å². The second-order valence-electron chi connectivity index (χ2n) is 4.66. The summed E-state index contributed by atoms with van der Waals surface area (Å²) in [7, 11) is 0. The van der Waals surface area contributed by atoms with Crippen molar-refractivity contribution in [1.29, 1.82) is 0 Å². The standard InChI is InChI=1S/C12H23NO3/c1-10(2)5-8-15-12(14)9-16-11-3-6-13-7-4-11/h10-11,13H,3-9H2,1-2H3. The summed E-state index contributed by atoms with van der Waals surface area (Å²) in [6.45, 7) is 6.79.